The fourth-order valence-electron chi connectivity index (χ4n) is 1.93. The van der Waals surface area contributed by atoms with Gasteiger partial charge in [-0.3, -0.25) is 0 Å². The maximum atomic E-state index is 3.19. The number of hydrogen-bond acceptors (Lipinski definition) is 1. The molecular formula is C14H16N2. The summed E-state index contributed by atoms with van der Waals surface area (Å²) in [5.41, 5.74) is 2.60. The third-order valence-electron chi connectivity index (χ3n) is 2.70. The first-order valence-electron chi connectivity index (χ1n) is 5.47. The number of fused-ring (bicyclic) bond motifs is 1. The minimum absolute atomic E-state index is 0.767. The first kappa shape index (κ1) is 10.8. The lowest BCUT2D eigenvalue weighted by atomic mass is 10.1. The minimum atomic E-state index is 0.767. The minimum Gasteiger partial charge on any atom is -0.336 e. The smallest absolute Gasteiger partial charge is 0.0837 e. The maximum Gasteiger partial charge on any atom is 0.0837 e. The van der Waals surface area contributed by atoms with E-state index in [-0.39, 0.29) is 0 Å². The van der Waals surface area contributed by atoms with Gasteiger partial charge in [0.15, 0.2) is 0 Å². The van der Waals surface area contributed by atoms with E-state index >= 15 is 0 Å². The Morgan fingerprint density at radius 2 is 2.19 bits per heavy atom. The second kappa shape index (κ2) is 4.87. The Bertz CT molecular complexity index is 541. The van der Waals surface area contributed by atoms with Crippen molar-refractivity contribution >= 4 is 10.9 Å². The first-order valence-corrected chi connectivity index (χ1v) is 5.47. The van der Waals surface area contributed by atoms with Crippen molar-refractivity contribution in [2.45, 2.75) is 20.0 Å². The Labute approximate surface area is 96.3 Å². The highest BCUT2D eigenvalue weighted by molar-refractivity contribution is 5.83. The molecule has 82 valence electrons. The number of rotatable bonds is 3. The normalized spacial score (nSPS) is 10.1. The second-order valence-electron chi connectivity index (χ2n) is 3.75. The third kappa shape index (κ3) is 1.95. The van der Waals surface area contributed by atoms with Gasteiger partial charge >= 0.3 is 0 Å². The molecule has 0 aliphatic rings. The lowest BCUT2D eigenvalue weighted by molar-refractivity contribution is 0.823. The Balaban J connectivity index is 2.46. The standard InChI is InChI=1S/C14H16N2/c1-3-4-9-16-10-8-13-12(11-15-2)6-5-7-14(13)16/h5-8,10,15H,9,11H2,1-2H3. The summed E-state index contributed by atoms with van der Waals surface area (Å²) in [4.78, 5) is 0. The number of hydrogen-bond donors (Lipinski definition) is 1. The average molecular weight is 212 g/mol. The van der Waals surface area contributed by atoms with Crippen molar-refractivity contribution < 1.29 is 0 Å². The molecule has 0 bridgehead atoms. The molecule has 0 spiro atoms. The molecule has 2 heteroatoms. The van der Waals surface area contributed by atoms with Gasteiger partial charge in [-0.2, -0.15) is 0 Å². The van der Waals surface area contributed by atoms with Crippen LogP contribution in [0.15, 0.2) is 30.5 Å². The summed E-state index contributed by atoms with van der Waals surface area (Å²) in [5.74, 6) is 6.02. The van der Waals surface area contributed by atoms with Crippen molar-refractivity contribution in [2.24, 2.45) is 0 Å². The molecule has 1 aromatic heterocycles. The van der Waals surface area contributed by atoms with Crippen LogP contribution in [0.25, 0.3) is 10.9 Å². The summed E-state index contributed by atoms with van der Waals surface area (Å²) in [6, 6.07) is 8.57. The van der Waals surface area contributed by atoms with E-state index in [1.807, 2.05) is 14.0 Å². The van der Waals surface area contributed by atoms with Crippen LogP contribution in [0.2, 0.25) is 0 Å². The van der Waals surface area contributed by atoms with Gasteiger partial charge in [-0.05, 0) is 31.7 Å². The van der Waals surface area contributed by atoms with Gasteiger partial charge in [0.1, 0.15) is 0 Å². The van der Waals surface area contributed by atoms with E-state index in [0.29, 0.717) is 0 Å². The number of nitrogens with one attached hydrogen (secondary N) is 1. The van der Waals surface area contributed by atoms with Crippen molar-refractivity contribution in [1.29, 1.82) is 0 Å². The molecule has 0 aliphatic heterocycles. The monoisotopic (exact) mass is 212 g/mol. The van der Waals surface area contributed by atoms with Gasteiger partial charge in [0.05, 0.1) is 6.54 Å². The fraction of sp³-hybridized carbons (Fsp3) is 0.286. The summed E-state index contributed by atoms with van der Waals surface area (Å²) in [5, 5.41) is 4.51. The average Bonchev–Trinajstić information content (AvgIpc) is 2.71. The summed E-state index contributed by atoms with van der Waals surface area (Å²) in [7, 11) is 1.97. The van der Waals surface area contributed by atoms with E-state index in [0.717, 1.165) is 13.1 Å². The molecule has 2 aromatic rings. The highest BCUT2D eigenvalue weighted by atomic mass is 14.9. The van der Waals surface area contributed by atoms with Gasteiger partial charge < -0.3 is 9.88 Å². The molecule has 0 saturated carbocycles. The molecule has 0 fully saturated rings. The summed E-state index contributed by atoms with van der Waals surface area (Å²) in [6.45, 7) is 3.54. The lowest BCUT2D eigenvalue weighted by Crippen LogP contribution is -2.05. The van der Waals surface area contributed by atoms with Gasteiger partial charge in [-0.15, -0.1) is 5.92 Å². The predicted molar refractivity (Wildman–Crippen MR) is 68.2 cm³/mol. The van der Waals surface area contributed by atoms with E-state index in [2.05, 4.69) is 52.2 Å². The largest absolute Gasteiger partial charge is 0.336 e. The highest BCUT2D eigenvalue weighted by Crippen LogP contribution is 2.20. The molecule has 0 unspecified atom stereocenters. The quantitative estimate of drug-likeness (QED) is 0.773. The van der Waals surface area contributed by atoms with E-state index in [4.69, 9.17) is 0 Å². The molecule has 0 atom stereocenters. The summed E-state index contributed by atoms with van der Waals surface area (Å²) in [6.07, 6.45) is 2.11. The molecule has 2 nitrogen and oxygen atoms in total. The van der Waals surface area contributed by atoms with E-state index < -0.39 is 0 Å². The van der Waals surface area contributed by atoms with Gasteiger partial charge in [-0.1, -0.05) is 18.1 Å². The second-order valence-corrected chi connectivity index (χ2v) is 3.75. The number of nitrogens with zero attached hydrogens (tertiary/aromatic N) is 1. The first-order chi connectivity index (χ1) is 7.86. The van der Waals surface area contributed by atoms with Gasteiger partial charge in [0, 0.05) is 23.6 Å². The summed E-state index contributed by atoms with van der Waals surface area (Å²) < 4.78 is 2.19. The van der Waals surface area contributed by atoms with Gasteiger partial charge in [0.2, 0.25) is 0 Å². The molecule has 1 aromatic carbocycles. The van der Waals surface area contributed by atoms with Crippen LogP contribution >= 0.6 is 0 Å². The lowest BCUT2D eigenvalue weighted by Gasteiger charge is -2.04. The highest BCUT2D eigenvalue weighted by Gasteiger charge is 2.03. The molecule has 1 N–H and O–H groups in total. The zero-order valence-electron chi connectivity index (χ0n) is 9.75. The Hall–Kier alpha value is -1.72. The van der Waals surface area contributed by atoms with E-state index in [1.54, 1.807) is 0 Å². The van der Waals surface area contributed by atoms with Crippen LogP contribution in [-0.2, 0) is 13.1 Å². The molecule has 1 heterocycles. The van der Waals surface area contributed by atoms with Crippen molar-refractivity contribution in [2.75, 3.05) is 7.05 Å². The van der Waals surface area contributed by atoms with Gasteiger partial charge in [-0.25, -0.2) is 0 Å². The van der Waals surface area contributed by atoms with Crippen molar-refractivity contribution in [3.63, 3.8) is 0 Å². The SMILES string of the molecule is CC#CCn1ccc2c(CNC)cccc21. The predicted octanol–water partition coefficient (Wildman–Crippen LogP) is 2.38. The molecular weight excluding hydrogens is 196 g/mol. The number of aromatic nitrogens is 1. The molecule has 2 rings (SSSR count). The zero-order chi connectivity index (χ0) is 11.4. The van der Waals surface area contributed by atoms with E-state index in [9.17, 15) is 0 Å². The zero-order valence-corrected chi connectivity index (χ0v) is 9.75. The molecule has 16 heavy (non-hydrogen) atoms. The number of benzene rings is 1. The Morgan fingerprint density at radius 1 is 1.31 bits per heavy atom. The van der Waals surface area contributed by atoms with Crippen LogP contribution in [0.5, 0.6) is 0 Å². The van der Waals surface area contributed by atoms with E-state index in [1.165, 1.54) is 16.5 Å². The van der Waals surface area contributed by atoms with Crippen LogP contribution in [0.1, 0.15) is 12.5 Å². The molecule has 0 amide bonds. The van der Waals surface area contributed by atoms with Crippen LogP contribution < -0.4 is 5.32 Å². The van der Waals surface area contributed by atoms with Crippen molar-refractivity contribution in [3.8, 4) is 11.8 Å². The van der Waals surface area contributed by atoms with Crippen molar-refractivity contribution in [1.82, 2.24) is 9.88 Å². The Morgan fingerprint density at radius 3 is 2.94 bits per heavy atom. The molecule has 0 saturated heterocycles. The molecule has 0 radical (unpaired) electrons. The van der Waals surface area contributed by atoms with Crippen LogP contribution in [0.3, 0.4) is 0 Å². The molecule has 0 aliphatic carbocycles. The van der Waals surface area contributed by atoms with Crippen LogP contribution in [-0.4, -0.2) is 11.6 Å². The van der Waals surface area contributed by atoms with Crippen LogP contribution in [0.4, 0.5) is 0 Å². The van der Waals surface area contributed by atoms with Gasteiger partial charge in [0.25, 0.3) is 0 Å². The third-order valence-corrected chi connectivity index (χ3v) is 2.70. The summed E-state index contributed by atoms with van der Waals surface area (Å²) >= 11 is 0. The Kier molecular flexibility index (Phi) is 3.28. The fourth-order valence-corrected chi connectivity index (χ4v) is 1.93. The maximum absolute atomic E-state index is 3.19. The van der Waals surface area contributed by atoms with Crippen LogP contribution in [0, 0.1) is 11.8 Å². The van der Waals surface area contributed by atoms with Crippen molar-refractivity contribution in [3.05, 3.63) is 36.0 Å². The topological polar surface area (TPSA) is 17.0 Å².